The summed E-state index contributed by atoms with van der Waals surface area (Å²) in [5, 5.41) is 18.4. The van der Waals surface area contributed by atoms with Crippen LogP contribution in [0.5, 0.6) is 0 Å². The summed E-state index contributed by atoms with van der Waals surface area (Å²) in [5.41, 5.74) is 0.353. The van der Waals surface area contributed by atoms with Gasteiger partial charge in [0.25, 0.3) is 5.91 Å². The summed E-state index contributed by atoms with van der Waals surface area (Å²) in [4.78, 5) is 11.5. The molecule has 2 aromatic rings. The zero-order valence-corrected chi connectivity index (χ0v) is 8.38. The molecule has 3 N–H and O–H groups in total. The van der Waals surface area contributed by atoms with Crippen molar-refractivity contribution >= 4 is 5.91 Å². The molecule has 0 saturated carbocycles. The number of carbonyl (C=O) groups excluding carboxylic acids is 1. The van der Waals surface area contributed by atoms with Gasteiger partial charge in [-0.25, -0.2) is 0 Å². The Balaban J connectivity index is 1.86. The van der Waals surface area contributed by atoms with E-state index in [4.69, 9.17) is 4.42 Å². The lowest BCUT2D eigenvalue weighted by Crippen LogP contribution is -2.28. The fourth-order valence-corrected chi connectivity index (χ4v) is 1.25. The lowest BCUT2D eigenvalue weighted by Gasteiger charge is -2.08. The van der Waals surface area contributed by atoms with E-state index in [0.29, 0.717) is 11.5 Å². The molecule has 0 aliphatic carbocycles. The zero-order valence-electron chi connectivity index (χ0n) is 8.38. The summed E-state index contributed by atoms with van der Waals surface area (Å²) in [6.45, 7) is 0.0887. The molecule has 0 fully saturated rings. The van der Waals surface area contributed by atoms with Crippen LogP contribution in [-0.2, 0) is 0 Å². The average molecular weight is 221 g/mol. The third-order valence-electron chi connectivity index (χ3n) is 2.07. The number of nitrogens with zero attached hydrogens (tertiary/aromatic N) is 1. The highest BCUT2D eigenvalue weighted by Gasteiger charge is 2.13. The number of hydrogen-bond acceptors (Lipinski definition) is 4. The maximum absolute atomic E-state index is 11.5. The highest BCUT2D eigenvalue weighted by molar-refractivity contribution is 5.92. The van der Waals surface area contributed by atoms with Crippen molar-refractivity contribution in [2.75, 3.05) is 6.54 Å². The molecule has 0 saturated heterocycles. The van der Waals surface area contributed by atoms with Gasteiger partial charge in [-0.3, -0.25) is 9.89 Å². The summed E-state index contributed by atoms with van der Waals surface area (Å²) in [5.74, 6) is 0.105. The first-order valence-corrected chi connectivity index (χ1v) is 4.76. The Kier molecular flexibility index (Phi) is 3.02. The van der Waals surface area contributed by atoms with E-state index in [0.717, 1.165) is 0 Å². The van der Waals surface area contributed by atoms with Gasteiger partial charge in [0.05, 0.1) is 12.8 Å². The van der Waals surface area contributed by atoms with Crippen LogP contribution in [0.25, 0.3) is 0 Å². The Morgan fingerprint density at radius 1 is 1.62 bits per heavy atom. The standard InChI is InChI=1S/C10H11N3O3/c14-8(9-2-1-5-16-9)6-11-10(15)7-3-4-12-13-7/h1-5,8,14H,6H2,(H,11,15)(H,12,13). The molecule has 1 amide bonds. The second-order valence-electron chi connectivity index (χ2n) is 3.21. The van der Waals surface area contributed by atoms with Crippen molar-refractivity contribution in [1.82, 2.24) is 15.5 Å². The van der Waals surface area contributed by atoms with Crippen LogP contribution in [-0.4, -0.2) is 27.8 Å². The maximum atomic E-state index is 11.5. The van der Waals surface area contributed by atoms with E-state index in [1.165, 1.54) is 12.5 Å². The van der Waals surface area contributed by atoms with Gasteiger partial charge in [0.15, 0.2) is 0 Å². The third kappa shape index (κ3) is 2.29. The van der Waals surface area contributed by atoms with E-state index in [1.54, 1.807) is 18.2 Å². The van der Waals surface area contributed by atoms with Crippen molar-refractivity contribution in [2.24, 2.45) is 0 Å². The first-order valence-electron chi connectivity index (χ1n) is 4.76. The predicted octanol–water partition coefficient (Wildman–Crippen LogP) is 0.466. The second-order valence-corrected chi connectivity index (χ2v) is 3.21. The van der Waals surface area contributed by atoms with Gasteiger partial charge in [-0.15, -0.1) is 0 Å². The van der Waals surface area contributed by atoms with E-state index >= 15 is 0 Å². The molecule has 6 heteroatoms. The largest absolute Gasteiger partial charge is 0.467 e. The van der Waals surface area contributed by atoms with Crippen LogP contribution in [0.1, 0.15) is 22.4 Å². The normalized spacial score (nSPS) is 12.3. The molecular formula is C10H11N3O3. The van der Waals surface area contributed by atoms with Crippen molar-refractivity contribution in [3.63, 3.8) is 0 Å². The van der Waals surface area contributed by atoms with Crippen molar-refractivity contribution in [2.45, 2.75) is 6.10 Å². The van der Waals surface area contributed by atoms with Gasteiger partial charge >= 0.3 is 0 Å². The number of aliphatic hydroxyl groups excluding tert-OH is 1. The number of furan rings is 1. The number of rotatable bonds is 4. The first kappa shape index (κ1) is 10.4. The Bertz CT molecular complexity index is 436. The highest BCUT2D eigenvalue weighted by atomic mass is 16.4. The summed E-state index contributed by atoms with van der Waals surface area (Å²) in [7, 11) is 0. The van der Waals surface area contributed by atoms with E-state index in [1.807, 2.05) is 0 Å². The van der Waals surface area contributed by atoms with Gasteiger partial charge in [-0.2, -0.15) is 5.10 Å². The van der Waals surface area contributed by atoms with Crippen molar-refractivity contribution < 1.29 is 14.3 Å². The van der Waals surface area contributed by atoms with E-state index in [2.05, 4.69) is 15.5 Å². The Morgan fingerprint density at radius 2 is 2.50 bits per heavy atom. The molecule has 84 valence electrons. The molecular weight excluding hydrogens is 210 g/mol. The van der Waals surface area contributed by atoms with Crippen molar-refractivity contribution in [3.8, 4) is 0 Å². The number of H-pyrrole nitrogens is 1. The van der Waals surface area contributed by atoms with Crippen LogP contribution in [0.15, 0.2) is 35.1 Å². The highest BCUT2D eigenvalue weighted by Crippen LogP contribution is 2.11. The molecule has 16 heavy (non-hydrogen) atoms. The number of aromatic amines is 1. The lowest BCUT2D eigenvalue weighted by atomic mass is 10.2. The number of amides is 1. The van der Waals surface area contributed by atoms with Gasteiger partial charge < -0.3 is 14.8 Å². The molecule has 0 aliphatic heterocycles. The summed E-state index contributed by atoms with van der Waals surface area (Å²) >= 11 is 0. The van der Waals surface area contributed by atoms with E-state index in [9.17, 15) is 9.90 Å². The van der Waals surface area contributed by atoms with Crippen LogP contribution in [0.2, 0.25) is 0 Å². The average Bonchev–Trinajstić information content (AvgIpc) is 2.95. The summed E-state index contributed by atoms with van der Waals surface area (Å²) in [6.07, 6.45) is 2.11. The minimum absolute atomic E-state index is 0.0887. The van der Waals surface area contributed by atoms with Crippen LogP contribution >= 0.6 is 0 Å². The number of carbonyl (C=O) groups is 1. The second kappa shape index (κ2) is 4.63. The maximum Gasteiger partial charge on any atom is 0.269 e. The third-order valence-corrected chi connectivity index (χ3v) is 2.07. The fraction of sp³-hybridized carbons (Fsp3) is 0.200. The molecule has 0 spiro atoms. The Hall–Kier alpha value is -2.08. The lowest BCUT2D eigenvalue weighted by molar-refractivity contribution is 0.0896. The Morgan fingerprint density at radius 3 is 3.12 bits per heavy atom. The van der Waals surface area contributed by atoms with Crippen LogP contribution in [0.3, 0.4) is 0 Å². The van der Waals surface area contributed by atoms with Crippen molar-refractivity contribution in [3.05, 3.63) is 42.1 Å². The topological polar surface area (TPSA) is 91.2 Å². The molecule has 2 heterocycles. The summed E-state index contributed by atoms with van der Waals surface area (Å²) in [6, 6.07) is 4.87. The van der Waals surface area contributed by atoms with Crippen LogP contribution < -0.4 is 5.32 Å². The van der Waals surface area contributed by atoms with Crippen LogP contribution in [0.4, 0.5) is 0 Å². The quantitative estimate of drug-likeness (QED) is 0.699. The van der Waals surface area contributed by atoms with Crippen LogP contribution in [0, 0.1) is 0 Å². The molecule has 6 nitrogen and oxygen atoms in total. The van der Waals surface area contributed by atoms with Gasteiger partial charge in [-0.05, 0) is 18.2 Å². The fourth-order valence-electron chi connectivity index (χ4n) is 1.25. The molecule has 0 radical (unpaired) electrons. The van der Waals surface area contributed by atoms with Gasteiger partial charge in [-0.1, -0.05) is 0 Å². The molecule has 0 aliphatic rings. The van der Waals surface area contributed by atoms with Gasteiger partial charge in [0, 0.05) is 6.20 Å². The number of aliphatic hydroxyl groups is 1. The van der Waals surface area contributed by atoms with Crippen molar-refractivity contribution in [1.29, 1.82) is 0 Å². The van der Waals surface area contributed by atoms with E-state index < -0.39 is 6.10 Å². The Labute approximate surface area is 91.3 Å². The number of aromatic nitrogens is 2. The van der Waals surface area contributed by atoms with Gasteiger partial charge in [0.2, 0.25) is 0 Å². The van der Waals surface area contributed by atoms with Gasteiger partial charge in [0.1, 0.15) is 17.6 Å². The monoisotopic (exact) mass is 221 g/mol. The zero-order chi connectivity index (χ0) is 11.4. The molecule has 2 aromatic heterocycles. The minimum Gasteiger partial charge on any atom is -0.467 e. The molecule has 1 atom stereocenters. The predicted molar refractivity (Wildman–Crippen MR) is 54.6 cm³/mol. The smallest absolute Gasteiger partial charge is 0.269 e. The summed E-state index contributed by atoms with van der Waals surface area (Å²) < 4.78 is 5.00. The van der Waals surface area contributed by atoms with E-state index in [-0.39, 0.29) is 12.5 Å². The first-order chi connectivity index (χ1) is 7.77. The molecule has 0 bridgehead atoms. The number of nitrogens with one attached hydrogen (secondary N) is 2. The number of hydrogen-bond donors (Lipinski definition) is 3. The minimum atomic E-state index is -0.845. The molecule has 1 unspecified atom stereocenters. The SMILES string of the molecule is O=C(NCC(O)c1ccco1)c1ccn[nH]1. The molecule has 2 rings (SSSR count). The molecule has 0 aromatic carbocycles.